The number of benzene rings is 2. The van der Waals surface area contributed by atoms with Crippen LogP contribution in [-0.4, -0.2) is 13.1 Å². The highest BCUT2D eigenvalue weighted by molar-refractivity contribution is 5.48. The fourth-order valence-electron chi connectivity index (χ4n) is 2.25. The van der Waals surface area contributed by atoms with Gasteiger partial charge in [-0.2, -0.15) is 0 Å². The maximum absolute atomic E-state index is 5.67. The average Bonchev–Trinajstić information content (AvgIpc) is 2.46. The molecule has 0 bridgehead atoms. The van der Waals surface area contributed by atoms with Crippen molar-refractivity contribution in [1.29, 1.82) is 0 Å². The van der Waals surface area contributed by atoms with Crippen molar-refractivity contribution >= 4 is 5.69 Å². The molecule has 0 aromatic heterocycles. The molecule has 2 N–H and O–H groups in total. The van der Waals surface area contributed by atoms with E-state index in [0.717, 1.165) is 26.1 Å². The maximum atomic E-state index is 5.67. The molecule has 0 spiro atoms. The Bertz CT molecular complexity index is 514. The van der Waals surface area contributed by atoms with Crippen molar-refractivity contribution < 1.29 is 0 Å². The lowest BCUT2D eigenvalue weighted by Crippen LogP contribution is -2.25. The molecule has 106 valence electrons. The molecule has 0 aliphatic rings. The average molecular weight is 268 g/mol. The Morgan fingerprint density at radius 3 is 1.95 bits per heavy atom. The third kappa shape index (κ3) is 4.10. The number of nitrogens with zero attached hydrogens (tertiary/aromatic N) is 1. The van der Waals surface area contributed by atoms with E-state index in [-0.39, 0.29) is 0 Å². The zero-order valence-corrected chi connectivity index (χ0v) is 12.5. The monoisotopic (exact) mass is 268 g/mol. The molecule has 2 aromatic rings. The molecule has 0 saturated heterocycles. The van der Waals surface area contributed by atoms with Gasteiger partial charge >= 0.3 is 0 Å². The molecular weight excluding hydrogens is 244 g/mol. The summed E-state index contributed by atoms with van der Waals surface area (Å²) >= 11 is 0. The molecule has 0 unspecified atom stereocenters. The number of anilines is 1. The van der Waals surface area contributed by atoms with Crippen LogP contribution >= 0.6 is 0 Å². The SMILES string of the molecule is Cc1ccc(CN(CCCN)c2ccc(C)cc2)cc1. The van der Waals surface area contributed by atoms with Crippen LogP contribution in [0.25, 0.3) is 0 Å². The lowest BCUT2D eigenvalue weighted by atomic mass is 10.1. The van der Waals surface area contributed by atoms with Crippen LogP contribution in [0.1, 0.15) is 23.1 Å². The van der Waals surface area contributed by atoms with Crippen molar-refractivity contribution in [2.24, 2.45) is 5.73 Å². The van der Waals surface area contributed by atoms with E-state index in [1.165, 1.54) is 22.4 Å². The molecular formula is C18H24N2. The first-order chi connectivity index (χ1) is 9.69. The highest BCUT2D eigenvalue weighted by Crippen LogP contribution is 2.18. The summed E-state index contributed by atoms with van der Waals surface area (Å²) in [7, 11) is 0. The van der Waals surface area contributed by atoms with Crippen LogP contribution in [0.5, 0.6) is 0 Å². The molecule has 0 heterocycles. The highest BCUT2D eigenvalue weighted by atomic mass is 15.1. The Morgan fingerprint density at radius 1 is 0.850 bits per heavy atom. The lowest BCUT2D eigenvalue weighted by molar-refractivity contribution is 0.735. The molecule has 2 aromatic carbocycles. The van der Waals surface area contributed by atoms with Crippen LogP contribution in [-0.2, 0) is 6.54 Å². The number of hydrogen-bond donors (Lipinski definition) is 1. The third-order valence-corrected chi connectivity index (χ3v) is 3.53. The third-order valence-electron chi connectivity index (χ3n) is 3.53. The van der Waals surface area contributed by atoms with Gasteiger partial charge in [0.05, 0.1) is 0 Å². The predicted octanol–water partition coefficient (Wildman–Crippen LogP) is 3.66. The molecule has 0 amide bonds. The van der Waals surface area contributed by atoms with Gasteiger partial charge < -0.3 is 10.6 Å². The van der Waals surface area contributed by atoms with Crippen LogP contribution in [0.2, 0.25) is 0 Å². The number of nitrogens with two attached hydrogens (primary N) is 1. The van der Waals surface area contributed by atoms with Gasteiger partial charge in [-0.15, -0.1) is 0 Å². The van der Waals surface area contributed by atoms with E-state index >= 15 is 0 Å². The Labute approximate surface area is 122 Å². The molecule has 0 aliphatic carbocycles. The van der Waals surface area contributed by atoms with Crippen LogP contribution in [0.4, 0.5) is 5.69 Å². The van der Waals surface area contributed by atoms with E-state index in [9.17, 15) is 0 Å². The summed E-state index contributed by atoms with van der Waals surface area (Å²) in [6.45, 7) is 6.90. The van der Waals surface area contributed by atoms with Gasteiger partial charge in [0.25, 0.3) is 0 Å². The van der Waals surface area contributed by atoms with E-state index in [1.54, 1.807) is 0 Å². The molecule has 0 aliphatic heterocycles. The van der Waals surface area contributed by atoms with Crippen molar-refractivity contribution in [3.8, 4) is 0 Å². The van der Waals surface area contributed by atoms with Crippen LogP contribution < -0.4 is 10.6 Å². The molecule has 2 rings (SSSR count). The number of aryl methyl sites for hydroxylation is 2. The summed E-state index contributed by atoms with van der Waals surface area (Å²) in [5.74, 6) is 0. The second kappa shape index (κ2) is 7.11. The van der Waals surface area contributed by atoms with Crippen molar-refractivity contribution in [3.63, 3.8) is 0 Å². The van der Waals surface area contributed by atoms with Gasteiger partial charge in [0, 0.05) is 18.8 Å². The minimum absolute atomic E-state index is 0.732. The van der Waals surface area contributed by atoms with Gasteiger partial charge in [-0.3, -0.25) is 0 Å². The van der Waals surface area contributed by atoms with Gasteiger partial charge in [0.1, 0.15) is 0 Å². The normalized spacial score (nSPS) is 10.6. The molecule has 2 nitrogen and oxygen atoms in total. The summed E-state index contributed by atoms with van der Waals surface area (Å²) in [5, 5.41) is 0. The molecule has 0 radical (unpaired) electrons. The van der Waals surface area contributed by atoms with E-state index < -0.39 is 0 Å². The highest BCUT2D eigenvalue weighted by Gasteiger charge is 2.06. The van der Waals surface area contributed by atoms with Crippen molar-refractivity contribution in [2.45, 2.75) is 26.8 Å². The zero-order valence-electron chi connectivity index (χ0n) is 12.5. The first kappa shape index (κ1) is 14.6. The lowest BCUT2D eigenvalue weighted by Gasteiger charge is -2.25. The van der Waals surface area contributed by atoms with E-state index in [4.69, 9.17) is 5.73 Å². The van der Waals surface area contributed by atoms with Gasteiger partial charge in [-0.1, -0.05) is 47.5 Å². The van der Waals surface area contributed by atoms with Crippen LogP contribution in [0, 0.1) is 13.8 Å². The maximum Gasteiger partial charge on any atom is 0.0429 e. The molecule has 2 heteroatoms. The molecule has 0 fully saturated rings. The summed E-state index contributed by atoms with van der Waals surface area (Å²) < 4.78 is 0. The quantitative estimate of drug-likeness (QED) is 0.866. The zero-order chi connectivity index (χ0) is 14.4. The topological polar surface area (TPSA) is 29.3 Å². The Morgan fingerprint density at radius 2 is 1.40 bits per heavy atom. The summed E-state index contributed by atoms with van der Waals surface area (Å²) in [4.78, 5) is 2.40. The predicted molar refractivity (Wildman–Crippen MR) is 87.1 cm³/mol. The first-order valence-electron chi connectivity index (χ1n) is 7.26. The fraction of sp³-hybridized carbons (Fsp3) is 0.333. The second-order valence-electron chi connectivity index (χ2n) is 5.38. The van der Waals surface area contributed by atoms with Gasteiger partial charge in [0.15, 0.2) is 0 Å². The number of hydrogen-bond acceptors (Lipinski definition) is 2. The number of rotatable bonds is 6. The Balaban J connectivity index is 2.14. The largest absolute Gasteiger partial charge is 0.367 e. The van der Waals surface area contributed by atoms with E-state index in [2.05, 4.69) is 67.3 Å². The van der Waals surface area contributed by atoms with E-state index in [0.29, 0.717) is 0 Å². The summed E-state index contributed by atoms with van der Waals surface area (Å²) in [6, 6.07) is 17.5. The Hall–Kier alpha value is -1.80. The van der Waals surface area contributed by atoms with E-state index in [1.807, 2.05) is 0 Å². The van der Waals surface area contributed by atoms with Crippen molar-refractivity contribution in [1.82, 2.24) is 0 Å². The molecule has 20 heavy (non-hydrogen) atoms. The smallest absolute Gasteiger partial charge is 0.0429 e. The van der Waals surface area contributed by atoms with Gasteiger partial charge in [-0.25, -0.2) is 0 Å². The first-order valence-corrected chi connectivity index (χ1v) is 7.26. The second-order valence-corrected chi connectivity index (χ2v) is 5.38. The Kier molecular flexibility index (Phi) is 5.19. The fourth-order valence-corrected chi connectivity index (χ4v) is 2.25. The van der Waals surface area contributed by atoms with Gasteiger partial charge in [-0.05, 0) is 44.5 Å². The van der Waals surface area contributed by atoms with Crippen molar-refractivity contribution in [3.05, 3.63) is 65.2 Å². The summed E-state index contributed by atoms with van der Waals surface area (Å²) in [5.41, 5.74) is 10.9. The molecule has 0 saturated carbocycles. The standard InChI is InChI=1S/C18H24N2/c1-15-4-8-17(9-5-15)14-20(13-3-12-19)18-10-6-16(2)7-11-18/h4-11H,3,12-14,19H2,1-2H3. The van der Waals surface area contributed by atoms with Gasteiger partial charge in [0.2, 0.25) is 0 Å². The van der Waals surface area contributed by atoms with Crippen LogP contribution in [0.15, 0.2) is 48.5 Å². The van der Waals surface area contributed by atoms with Crippen molar-refractivity contribution in [2.75, 3.05) is 18.0 Å². The molecule has 0 atom stereocenters. The minimum Gasteiger partial charge on any atom is -0.367 e. The summed E-state index contributed by atoms with van der Waals surface area (Å²) in [6.07, 6.45) is 1.01. The minimum atomic E-state index is 0.732. The van der Waals surface area contributed by atoms with Crippen LogP contribution in [0.3, 0.4) is 0 Å².